The lowest BCUT2D eigenvalue weighted by Crippen LogP contribution is -2.41. The summed E-state index contributed by atoms with van der Waals surface area (Å²) in [4.78, 5) is 16.7. The fourth-order valence-electron chi connectivity index (χ4n) is 2.73. The van der Waals surface area contributed by atoms with Gasteiger partial charge in [-0.25, -0.2) is 4.99 Å². The van der Waals surface area contributed by atoms with E-state index < -0.39 is 0 Å². The average Bonchev–Trinajstić information content (AvgIpc) is 2.70. The first-order valence-electron chi connectivity index (χ1n) is 10.2. The van der Waals surface area contributed by atoms with Crippen LogP contribution in [0.4, 0.5) is 0 Å². The van der Waals surface area contributed by atoms with Gasteiger partial charge in [-0.1, -0.05) is 12.1 Å². The van der Waals surface area contributed by atoms with Crippen LogP contribution in [0.3, 0.4) is 0 Å². The Morgan fingerprint density at radius 1 is 1.06 bits per heavy atom. The molecule has 0 saturated heterocycles. The lowest BCUT2D eigenvalue weighted by Gasteiger charge is -2.15. The Morgan fingerprint density at radius 3 is 2.39 bits per heavy atom. The van der Waals surface area contributed by atoms with E-state index in [0.717, 1.165) is 23.4 Å². The first kappa shape index (κ1) is 26.5. The molecule has 0 saturated carbocycles. The Bertz CT molecular complexity index is 854. The molecule has 0 atom stereocenters. The predicted molar refractivity (Wildman–Crippen MR) is 136 cm³/mol. The van der Waals surface area contributed by atoms with Gasteiger partial charge in [0.05, 0.1) is 12.6 Å². The summed E-state index contributed by atoms with van der Waals surface area (Å²) in [6, 6.07) is 12.3. The largest absolute Gasteiger partial charge is 0.508 e. The van der Waals surface area contributed by atoms with Crippen molar-refractivity contribution in [2.75, 3.05) is 19.6 Å². The van der Waals surface area contributed by atoms with Gasteiger partial charge in [0, 0.05) is 30.8 Å². The number of aromatic hydroxyl groups is 1. The van der Waals surface area contributed by atoms with Gasteiger partial charge < -0.3 is 25.8 Å². The Kier molecular flexibility index (Phi) is 11.8. The normalized spacial score (nSPS) is 10.9. The van der Waals surface area contributed by atoms with Crippen LogP contribution in [0.25, 0.3) is 0 Å². The van der Waals surface area contributed by atoms with Gasteiger partial charge in [0.25, 0.3) is 5.91 Å². The molecule has 4 N–H and O–H groups in total. The average molecular weight is 540 g/mol. The number of phenols is 1. The van der Waals surface area contributed by atoms with Gasteiger partial charge in [-0.3, -0.25) is 4.79 Å². The number of aliphatic imine (C=N–C) groups is 1. The quantitative estimate of drug-likeness (QED) is 0.169. The number of carbonyl (C=O) groups excluding carboxylic acids is 1. The van der Waals surface area contributed by atoms with E-state index in [4.69, 9.17) is 4.74 Å². The van der Waals surface area contributed by atoms with E-state index in [1.807, 2.05) is 39.8 Å². The molecular weight excluding hydrogens is 507 g/mol. The van der Waals surface area contributed by atoms with Crippen LogP contribution in [-0.2, 0) is 6.54 Å². The smallest absolute Gasteiger partial charge is 0.251 e. The highest BCUT2D eigenvalue weighted by atomic mass is 127. The monoisotopic (exact) mass is 540 g/mol. The van der Waals surface area contributed by atoms with E-state index >= 15 is 0 Å². The van der Waals surface area contributed by atoms with Crippen molar-refractivity contribution < 1.29 is 14.6 Å². The first-order chi connectivity index (χ1) is 14.4. The third-order valence-electron chi connectivity index (χ3n) is 4.17. The summed E-state index contributed by atoms with van der Waals surface area (Å²) in [6.45, 7) is 10.2. The van der Waals surface area contributed by atoms with Crippen LogP contribution in [-0.4, -0.2) is 42.7 Å². The van der Waals surface area contributed by atoms with Crippen molar-refractivity contribution in [3.8, 4) is 11.5 Å². The minimum absolute atomic E-state index is 0. The van der Waals surface area contributed by atoms with Gasteiger partial charge in [0.15, 0.2) is 5.96 Å². The molecule has 170 valence electrons. The molecule has 7 nitrogen and oxygen atoms in total. The van der Waals surface area contributed by atoms with Gasteiger partial charge in [0.2, 0.25) is 0 Å². The number of amides is 1. The van der Waals surface area contributed by atoms with E-state index in [0.29, 0.717) is 31.2 Å². The summed E-state index contributed by atoms with van der Waals surface area (Å²) in [6.07, 6.45) is 0.0954. The number of ether oxygens (including phenoxy) is 1. The molecular formula is C23H33IN4O3. The Balaban J connectivity index is 0.00000480. The number of benzene rings is 2. The Hall–Kier alpha value is -2.49. The third-order valence-corrected chi connectivity index (χ3v) is 4.17. The maximum atomic E-state index is 12.1. The second kappa shape index (κ2) is 13.7. The van der Waals surface area contributed by atoms with Crippen molar-refractivity contribution in [3.05, 3.63) is 59.2 Å². The zero-order chi connectivity index (χ0) is 21.9. The van der Waals surface area contributed by atoms with Crippen LogP contribution < -0.4 is 20.7 Å². The summed E-state index contributed by atoms with van der Waals surface area (Å²) >= 11 is 0. The highest BCUT2D eigenvalue weighted by Gasteiger charge is 2.07. The summed E-state index contributed by atoms with van der Waals surface area (Å²) in [5.74, 6) is 1.47. The van der Waals surface area contributed by atoms with E-state index in [2.05, 4.69) is 27.0 Å². The van der Waals surface area contributed by atoms with Crippen molar-refractivity contribution in [1.82, 2.24) is 16.0 Å². The van der Waals surface area contributed by atoms with Crippen LogP contribution in [0, 0.1) is 6.92 Å². The van der Waals surface area contributed by atoms with Gasteiger partial charge in [-0.2, -0.15) is 0 Å². The molecule has 0 fully saturated rings. The molecule has 0 heterocycles. The number of rotatable bonds is 9. The number of phenolic OH excluding ortho intramolecular Hbond substituents is 1. The van der Waals surface area contributed by atoms with E-state index in [9.17, 15) is 9.90 Å². The molecule has 0 unspecified atom stereocenters. The highest BCUT2D eigenvalue weighted by Crippen LogP contribution is 2.22. The van der Waals surface area contributed by atoms with Crippen molar-refractivity contribution >= 4 is 35.8 Å². The number of carbonyl (C=O) groups is 1. The first-order valence-corrected chi connectivity index (χ1v) is 10.2. The number of halogens is 1. The fraction of sp³-hybridized carbons (Fsp3) is 0.391. The van der Waals surface area contributed by atoms with Gasteiger partial charge >= 0.3 is 0 Å². The van der Waals surface area contributed by atoms with Gasteiger partial charge in [0.1, 0.15) is 11.5 Å². The summed E-state index contributed by atoms with van der Waals surface area (Å²) in [5.41, 5.74) is 2.67. The van der Waals surface area contributed by atoms with Crippen LogP contribution in [0.2, 0.25) is 0 Å². The molecule has 8 heteroatoms. The Morgan fingerprint density at radius 2 is 1.74 bits per heavy atom. The number of hydrogen-bond acceptors (Lipinski definition) is 4. The standard InChI is InChI=1S/C23H32N4O3.HI/c1-5-24-23(26-13-12-25-22(29)18-8-10-20(28)11-9-18)27-15-19-7-6-17(4)14-21(19)30-16(2)3;/h6-11,14,16,28H,5,12-13,15H2,1-4H3,(H,25,29)(H2,24,26,27);1H. The zero-order valence-electron chi connectivity index (χ0n) is 18.6. The number of guanidine groups is 1. The van der Waals surface area contributed by atoms with Crippen LogP contribution in [0.15, 0.2) is 47.5 Å². The minimum Gasteiger partial charge on any atom is -0.508 e. The molecule has 0 aromatic heterocycles. The van der Waals surface area contributed by atoms with Crippen LogP contribution >= 0.6 is 24.0 Å². The summed E-state index contributed by atoms with van der Waals surface area (Å²) in [7, 11) is 0. The van der Waals surface area contributed by atoms with Crippen LogP contribution in [0.1, 0.15) is 42.3 Å². The molecule has 0 aliphatic rings. The second-order valence-corrected chi connectivity index (χ2v) is 7.20. The highest BCUT2D eigenvalue weighted by molar-refractivity contribution is 14.0. The molecule has 0 bridgehead atoms. The molecule has 2 aromatic rings. The number of nitrogens with zero attached hydrogens (tertiary/aromatic N) is 1. The Labute approximate surface area is 201 Å². The molecule has 0 spiro atoms. The molecule has 2 aromatic carbocycles. The number of aryl methyl sites for hydroxylation is 1. The molecule has 0 radical (unpaired) electrons. The van der Waals surface area contributed by atoms with Crippen molar-refractivity contribution in [2.24, 2.45) is 4.99 Å². The SMILES string of the molecule is CCNC(=NCc1ccc(C)cc1OC(C)C)NCCNC(=O)c1ccc(O)cc1.I. The number of nitrogens with one attached hydrogen (secondary N) is 3. The predicted octanol–water partition coefficient (Wildman–Crippen LogP) is 3.59. The van der Waals surface area contributed by atoms with E-state index in [1.165, 1.54) is 12.1 Å². The number of hydrogen-bond donors (Lipinski definition) is 4. The maximum Gasteiger partial charge on any atom is 0.251 e. The minimum atomic E-state index is -0.186. The molecule has 1 amide bonds. The van der Waals surface area contributed by atoms with Crippen molar-refractivity contribution in [3.63, 3.8) is 0 Å². The van der Waals surface area contributed by atoms with Crippen molar-refractivity contribution in [2.45, 2.75) is 40.3 Å². The third kappa shape index (κ3) is 9.46. The second-order valence-electron chi connectivity index (χ2n) is 7.20. The molecule has 2 rings (SSSR count). The lowest BCUT2D eigenvalue weighted by atomic mass is 10.1. The summed E-state index contributed by atoms with van der Waals surface area (Å²) in [5, 5.41) is 18.6. The van der Waals surface area contributed by atoms with Crippen molar-refractivity contribution in [1.29, 1.82) is 0 Å². The zero-order valence-corrected chi connectivity index (χ0v) is 20.9. The van der Waals surface area contributed by atoms with Crippen LogP contribution in [0.5, 0.6) is 11.5 Å². The molecule has 31 heavy (non-hydrogen) atoms. The lowest BCUT2D eigenvalue weighted by molar-refractivity contribution is 0.0954. The topological polar surface area (TPSA) is 95.0 Å². The van der Waals surface area contributed by atoms with E-state index in [-0.39, 0.29) is 41.7 Å². The molecule has 0 aliphatic heterocycles. The van der Waals surface area contributed by atoms with Gasteiger partial charge in [-0.15, -0.1) is 24.0 Å². The van der Waals surface area contributed by atoms with Gasteiger partial charge in [-0.05, 0) is 63.6 Å². The fourth-order valence-corrected chi connectivity index (χ4v) is 2.73. The van der Waals surface area contributed by atoms with E-state index in [1.54, 1.807) is 12.1 Å². The summed E-state index contributed by atoms with van der Waals surface area (Å²) < 4.78 is 5.92. The molecule has 0 aliphatic carbocycles. The maximum absolute atomic E-state index is 12.1.